The lowest BCUT2D eigenvalue weighted by Gasteiger charge is -2.11. The van der Waals surface area contributed by atoms with E-state index in [4.69, 9.17) is 4.74 Å². The number of hydrogen-bond donors (Lipinski definition) is 1. The fourth-order valence-electron chi connectivity index (χ4n) is 2.67. The molecule has 6 heteroatoms. The molecule has 1 N–H and O–H groups in total. The number of ether oxygens (including phenoxy) is 1. The van der Waals surface area contributed by atoms with Crippen molar-refractivity contribution in [3.8, 4) is 0 Å². The van der Waals surface area contributed by atoms with Crippen molar-refractivity contribution in [2.45, 2.75) is 17.4 Å². The summed E-state index contributed by atoms with van der Waals surface area (Å²) in [6, 6.07) is 15.9. The third-order valence-electron chi connectivity index (χ3n) is 3.98. The largest absolute Gasteiger partial charge is 0.380 e. The Labute approximate surface area is 141 Å². The van der Waals surface area contributed by atoms with Gasteiger partial charge in [-0.25, -0.2) is 8.42 Å². The molecule has 0 bridgehead atoms. The zero-order chi connectivity index (χ0) is 17.0. The highest BCUT2D eigenvalue weighted by atomic mass is 32.2. The maximum atomic E-state index is 12.4. The molecule has 1 aliphatic heterocycles. The van der Waals surface area contributed by atoms with Crippen molar-refractivity contribution in [3.05, 3.63) is 65.7 Å². The van der Waals surface area contributed by atoms with Crippen molar-refractivity contribution in [1.82, 2.24) is 0 Å². The summed E-state index contributed by atoms with van der Waals surface area (Å²) < 4.78 is 30.0. The van der Waals surface area contributed by atoms with Gasteiger partial charge in [0.15, 0.2) is 9.84 Å². The molecule has 1 fully saturated rings. The van der Waals surface area contributed by atoms with Crippen molar-refractivity contribution < 1.29 is 17.9 Å². The average Bonchev–Trinajstić information content (AvgIpc) is 3.11. The van der Waals surface area contributed by atoms with Crippen LogP contribution in [0.3, 0.4) is 0 Å². The summed E-state index contributed by atoms with van der Waals surface area (Å²) in [6.07, 6.45) is 0.538. The second kappa shape index (κ2) is 7.15. The Bertz CT molecular complexity index is 812. The minimum atomic E-state index is -3.27. The molecule has 2 aromatic rings. The molecule has 3 rings (SSSR count). The lowest BCUT2D eigenvalue weighted by Crippen LogP contribution is -2.23. The predicted molar refractivity (Wildman–Crippen MR) is 92.7 cm³/mol. The van der Waals surface area contributed by atoms with Crippen LogP contribution >= 0.6 is 0 Å². The van der Waals surface area contributed by atoms with Crippen LogP contribution in [0.25, 0.3) is 0 Å². The number of sulfone groups is 1. The molecule has 24 heavy (non-hydrogen) atoms. The first-order chi connectivity index (χ1) is 11.5. The lowest BCUT2D eigenvalue weighted by atomic mass is 10.1. The van der Waals surface area contributed by atoms with Crippen LogP contribution in [0, 0.1) is 0 Å². The van der Waals surface area contributed by atoms with E-state index in [0.29, 0.717) is 29.8 Å². The molecule has 126 valence electrons. The molecule has 1 amide bonds. The number of anilines is 1. The van der Waals surface area contributed by atoms with Crippen molar-refractivity contribution in [2.75, 3.05) is 18.5 Å². The van der Waals surface area contributed by atoms with Gasteiger partial charge in [-0.2, -0.15) is 0 Å². The van der Waals surface area contributed by atoms with Crippen LogP contribution in [-0.2, 0) is 20.3 Å². The monoisotopic (exact) mass is 345 g/mol. The van der Waals surface area contributed by atoms with E-state index in [0.717, 1.165) is 0 Å². The van der Waals surface area contributed by atoms with Gasteiger partial charge in [-0.3, -0.25) is 4.79 Å². The normalized spacial score (nSPS) is 17.6. The van der Waals surface area contributed by atoms with E-state index in [1.807, 2.05) is 18.2 Å². The first-order valence-electron chi connectivity index (χ1n) is 7.79. The van der Waals surface area contributed by atoms with Crippen LogP contribution in [0.2, 0.25) is 0 Å². The van der Waals surface area contributed by atoms with E-state index in [1.165, 1.54) is 0 Å². The number of nitrogens with one attached hydrogen (secondary N) is 1. The van der Waals surface area contributed by atoms with Crippen LogP contribution < -0.4 is 5.32 Å². The van der Waals surface area contributed by atoms with Crippen molar-refractivity contribution in [3.63, 3.8) is 0 Å². The van der Waals surface area contributed by atoms with Crippen LogP contribution in [-0.4, -0.2) is 32.8 Å². The molecule has 0 radical (unpaired) electrons. The maximum Gasteiger partial charge on any atom is 0.255 e. The molecular formula is C18H19NO4S. The molecule has 2 aromatic carbocycles. The van der Waals surface area contributed by atoms with Crippen molar-refractivity contribution in [1.29, 1.82) is 0 Å². The van der Waals surface area contributed by atoms with Gasteiger partial charge in [0.25, 0.3) is 5.91 Å². The van der Waals surface area contributed by atoms with Crippen molar-refractivity contribution in [2.24, 2.45) is 0 Å². The van der Waals surface area contributed by atoms with E-state index >= 15 is 0 Å². The average molecular weight is 345 g/mol. The van der Waals surface area contributed by atoms with Crippen molar-refractivity contribution >= 4 is 21.4 Å². The predicted octanol–water partition coefficient (Wildman–Crippen LogP) is 2.64. The molecule has 0 aromatic heterocycles. The van der Waals surface area contributed by atoms with E-state index in [-0.39, 0.29) is 18.3 Å². The minimum Gasteiger partial charge on any atom is -0.380 e. The number of amides is 1. The van der Waals surface area contributed by atoms with E-state index in [1.54, 1.807) is 36.4 Å². The molecule has 1 saturated heterocycles. The van der Waals surface area contributed by atoms with E-state index < -0.39 is 15.1 Å². The number of para-hydroxylation sites is 1. The molecule has 1 aliphatic rings. The highest BCUT2D eigenvalue weighted by Gasteiger charge is 2.29. The van der Waals surface area contributed by atoms with Gasteiger partial charge in [-0.15, -0.1) is 0 Å². The summed E-state index contributed by atoms with van der Waals surface area (Å²) in [5, 5.41) is 2.35. The van der Waals surface area contributed by atoms with Gasteiger partial charge < -0.3 is 10.1 Å². The third-order valence-corrected chi connectivity index (χ3v) is 6.11. The van der Waals surface area contributed by atoms with Gasteiger partial charge in [0.2, 0.25) is 0 Å². The maximum absolute atomic E-state index is 12.4. The summed E-state index contributed by atoms with van der Waals surface area (Å²) >= 11 is 0. The minimum absolute atomic E-state index is 0.0759. The fraction of sp³-hybridized carbons (Fsp3) is 0.278. The smallest absolute Gasteiger partial charge is 0.255 e. The SMILES string of the molecule is O=C(Nc1ccccc1)c1cccc(CS(=O)(=O)C2CCOC2)c1. The van der Waals surface area contributed by atoms with E-state index in [2.05, 4.69) is 5.32 Å². The first kappa shape index (κ1) is 16.7. The summed E-state index contributed by atoms with van der Waals surface area (Å²) in [5.74, 6) is -0.335. The second-order valence-corrected chi connectivity index (χ2v) is 8.09. The van der Waals surface area contributed by atoms with Gasteiger partial charge in [-0.05, 0) is 36.2 Å². The summed E-state index contributed by atoms with van der Waals surface area (Å²) in [7, 11) is -3.27. The Hall–Kier alpha value is -2.18. The van der Waals surface area contributed by atoms with Crippen LogP contribution in [0.1, 0.15) is 22.3 Å². The molecule has 5 nitrogen and oxygen atoms in total. The third kappa shape index (κ3) is 4.01. The van der Waals surface area contributed by atoms with Gasteiger partial charge in [0.05, 0.1) is 17.6 Å². The summed E-state index contributed by atoms with van der Waals surface area (Å²) in [4.78, 5) is 12.3. The molecular weight excluding hydrogens is 326 g/mol. The van der Waals surface area contributed by atoms with Gasteiger partial charge in [-0.1, -0.05) is 30.3 Å². The molecule has 0 saturated carbocycles. The lowest BCUT2D eigenvalue weighted by molar-refractivity contribution is 0.102. The summed E-state index contributed by atoms with van der Waals surface area (Å²) in [6.45, 7) is 0.750. The number of carbonyl (C=O) groups excluding carboxylic acids is 1. The quantitative estimate of drug-likeness (QED) is 0.904. The Kier molecular flexibility index (Phi) is 4.97. The molecule has 1 heterocycles. The van der Waals surface area contributed by atoms with E-state index in [9.17, 15) is 13.2 Å². The van der Waals surface area contributed by atoms with Crippen LogP contribution in [0.15, 0.2) is 54.6 Å². The van der Waals surface area contributed by atoms with Gasteiger partial charge in [0.1, 0.15) is 0 Å². The number of carbonyl (C=O) groups is 1. The molecule has 1 unspecified atom stereocenters. The number of hydrogen-bond acceptors (Lipinski definition) is 4. The zero-order valence-corrected chi connectivity index (χ0v) is 14.0. The topological polar surface area (TPSA) is 72.5 Å². The highest BCUT2D eigenvalue weighted by Crippen LogP contribution is 2.19. The Morgan fingerprint density at radius 3 is 2.62 bits per heavy atom. The Morgan fingerprint density at radius 2 is 1.92 bits per heavy atom. The number of rotatable bonds is 5. The molecule has 0 aliphatic carbocycles. The van der Waals surface area contributed by atoms with Crippen LogP contribution in [0.5, 0.6) is 0 Å². The standard InChI is InChI=1S/C18H19NO4S/c20-18(19-16-7-2-1-3-8-16)15-6-4-5-14(11-15)13-24(21,22)17-9-10-23-12-17/h1-8,11,17H,9-10,12-13H2,(H,19,20). The van der Waals surface area contributed by atoms with Gasteiger partial charge >= 0.3 is 0 Å². The first-order valence-corrected chi connectivity index (χ1v) is 9.51. The highest BCUT2D eigenvalue weighted by molar-refractivity contribution is 7.91. The Morgan fingerprint density at radius 1 is 1.12 bits per heavy atom. The molecule has 1 atom stereocenters. The van der Waals surface area contributed by atoms with Gasteiger partial charge in [0, 0.05) is 17.9 Å². The second-order valence-electron chi connectivity index (χ2n) is 5.81. The summed E-state index contributed by atoms with van der Waals surface area (Å²) in [5.41, 5.74) is 1.75. The fourth-order valence-corrected chi connectivity index (χ4v) is 4.31. The van der Waals surface area contributed by atoms with Crippen LogP contribution in [0.4, 0.5) is 5.69 Å². The Balaban J connectivity index is 1.73. The molecule has 0 spiro atoms. The zero-order valence-electron chi connectivity index (χ0n) is 13.1. The number of benzene rings is 2.